The second-order valence-corrected chi connectivity index (χ2v) is 5.16. The summed E-state index contributed by atoms with van der Waals surface area (Å²) < 4.78 is 5.15. The first-order valence-corrected chi connectivity index (χ1v) is 7.74. The van der Waals surface area contributed by atoms with Gasteiger partial charge in [-0.15, -0.1) is 0 Å². The third-order valence-electron chi connectivity index (χ3n) is 3.12. The molecular weight excluding hydrogens is 256 g/mol. The van der Waals surface area contributed by atoms with Crippen LogP contribution in [0.3, 0.4) is 0 Å². The van der Waals surface area contributed by atoms with Gasteiger partial charge in [-0.3, -0.25) is 10.1 Å². The summed E-state index contributed by atoms with van der Waals surface area (Å²) in [6.07, 6.45) is 7.84. The van der Waals surface area contributed by atoms with Gasteiger partial charge < -0.3 is 21.9 Å². The Kier molecular flexibility index (Phi) is 12.8. The molecule has 7 N–H and O–H groups in total. The third kappa shape index (κ3) is 12.3. The van der Waals surface area contributed by atoms with Crippen LogP contribution < -0.4 is 22.5 Å². The maximum atomic E-state index is 11.6. The highest BCUT2D eigenvalue weighted by atomic mass is 16.5. The summed E-state index contributed by atoms with van der Waals surface area (Å²) in [6.45, 7) is 3.32. The summed E-state index contributed by atoms with van der Waals surface area (Å²) in [4.78, 5) is 11.6. The monoisotopic (exact) mass is 288 g/mol. The SMILES string of the molecule is CCCCCCCCOC(=O)C(N)CCCNC(N)N. The number of hydrogen-bond donors (Lipinski definition) is 4. The minimum atomic E-state index is -0.550. The van der Waals surface area contributed by atoms with E-state index in [0.29, 0.717) is 19.6 Å². The van der Waals surface area contributed by atoms with Crippen LogP contribution in [0.1, 0.15) is 58.3 Å². The molecule has 0 aliphatic carbocycles. The molecule has 20 heavy (non-hydrogen) atoms. The summed E-state index contributed by atoms with van der Waals surface area (Å²) >= 11 is 0. The predicted molar refractivity (Wildman–Crippen MR) is 81.7 cm³/mol. The van der Waals surface area contributed by atoms with E-state index >= 15 is 0 Å². The van der Waals surface area contributed by atoms with Crippen molar-refractivity contribution in [2.75, 3.05) is 13.2 Å². The summed E-state index contributed by atoms with van der Waals surface area (Å²) in [7, 11) is 0. The number of carbonyl (C=O) groups excluding carboxylic acids is 1. The van der Waals surface area contributed by atoms with Gasteiger partial charge in [-0.05, 0) is 25.8 Å². The summed E-state index contributed by atoms with van der Waals surface area (Å²) in [5, 5.41) is 2.86. The molecule has 6 heteroatoms. The molecule has 0 heterocycles. The molecule has 0 aromatic carbocycles. The fraction of sp³-hybridized carbons (Fsp3) is 0.929. The second-order valence-electron chi connectivity index (χ2n) is 5.16. The summed E-state index contributed by atoms with van der Waals surface area (Å²) in [6, 6.07) is -0.550. The average molecular weight is 288 g/mol. The van der Waals surface area contributed by atoms with Crippen molar-refractivity contribution < 1.29 is 9.53 Å². The zero-order chi connectivity index (χ0) is 15.2. The fourth-order valence-electron chi connectivity index (χ4n) is 1.87. The third-order valence-corrected chi connectivity index (χ3v) is 3.12. The Morgan fingerprint density at radius 1 is 1.05 bits per heavy atom. The molecule has 120 valence electrons. The van der Waals surface area contributed by atoms with Crippen molar-refractivity contribution in [2.45, 2.75) is 70.6 Å². The highest BCUT2D eigenvalue weighted by Crippen LogP contribution is 2.05. The van der Waals surface area contributed by atoms with E-state index in [1.807, 2.05) is 0 Å². The fourth-order valence-corrected chi connectivity index (χ4v) is 1.87. The molecule has 0 aliphatic rings. The lowest BCUT2D eigenvalue weighted by Crippen LogP contribution is -2.45. The number of hydrogen-bond acceptors (Lipinski definition) is 6. The maximum absolute atomic E-state index is 11.6. The van der Waals surface area contributed by atoms with Crippen LogP contribution in [-0.2, 0) is 9.53 Å². The van der Waals surface area contributed by atoms with Crippen LogP contribution in [0, 0.1) is 0 Å². The normalized spacial score (nSPS) is 12.7. The van der Waals surface area contributed by atoms with Gasteiger partial charge in [0.05, 0.1) is 6.61 Å². The van der Waals surface area contributed by atoms with Crippen molar-refractivity contribution in [3.05, 3.63) is 0 Å². The summed E-state index contributed by atoms with van der Waals surface area (Å²) in [5.74, 6) is -0.310. The first-order chi connectivity index (χ1) is 9.57. The molecule has 0 aliphatic heterocycles. The number of nitrogens with one attached hydrogen (secondary N) is 1. The standard InChI is InChI=1S/C14H32N4O2/c1-2-3-4-5-6-7-11-20-13(19)12(15)9-8-10-18-14(16)17/h12,14,18H,2-11,15-17H2,1H3. The van der Waals surface area contributed by atoms with E-state index in [9.17, 15) is 4.79 Å². The Morgan fingerprint density at radius 2 is 1.70 bits per heavy atom. The van der Waals surface area contributed by atoms with E-state index in [1.165, 1.54) is 25.7 Å². The number of carbonyl (C=O) groups is 1. The Hall–Kier alpha value is -0.690. The van der Waals surface area contributed by atoms with Crippen LogP contribution in [0.5, 0.6) is 0 Å². The van der Waals surface area contributed by atoms with Crippen molar-refractivity contribution in [3.8, 4) is 0 Å². The molecule has 0 aromatic heterocycles. The van der Waals surface area contributed by atoms with E-state index in [1.54, 1.807) is 0 Å². The average Bonchev–Trinajstić information content (AvgIpc) is 2.41. The molecule has 0 saturated heterocycles. The van der Waals surface area contributed by atoms with Crippen molar-refractivity contribution in [1.82, 2.24) is 5.32 Å². The van der Waals surface area contributed by atoms with Crippen molar-refractivity contribution in [2.24, 2.45) is 17.2 Å². The number of ether oxygens (including phenoxy) is 1. The first-order valence-electron chi connectivity index (χ1n) is 7.74. The lowest BCUT2D eigenvalue weighted by Gasteiger charge is -2.12. The van der Waals surface area contributed by atoms with Crippen molar-refractivity contribution in [1.29, 1.82) is 0 Å². The predicted octanol–water partition coefficient (Wildman–Crippen LogP) is 0.788. The van der Waals surface area contributed by atoms with E-state index in [0.717, 1.165) is 19.3 Å². The molecule has 1 unspecified atom stereocenters. The minimum Gasteiger partial charge on any atom is -0.465 e. The molecule has 6 nitrogen and oxygen atoms in total. The molecule has 0 spiro atoms. The Balaban J connectivity index is 3.41. The van der Waals surface area contributed by atoms with Gasteiger partial charge in [0.1, 0.15) is 12.3 Å². The molecule has 0 bridgehead atoms. The smallest absolute Gasteiger partial charge is 0.322 e. The maximum Gasteiger partial charge on any atom is 0.322 e. The molecule has 0 radical (unpaired) electrons. The minimum absolute atomic E-state index is 0.310. The van der Waals surface area contributed by atoms with Gasteiger partial charge in [0.2, 0.25) is 0 Å². The van der Waals surface area contributed by atoms with E-state index in [-0.39, 0.29) is 5.97 Å². The summed E-state index contributed by atoms with van der Waals surface area (Å²) in [5.41, 5.74) is 16.4. The van der Waals surface area contributed by atoms with E-state index in [2.05, 4.69) is 12.2 Å². The molecule has 0 saturated carbocycles. The molecule has 0 amide bonds. The molecule has 0 aromatic rings. The van der Waals surface area contributed by atoms with E-state index in [4.69, 9.17) is 21.9 Å². The highest BCUT2D eigenvalue weighted by molar-refractivity contribution is 5.75. The van der Waals surface area contributed by atoms with Crippen LogP contribution in [0.4, 0.5) is 0 Å². The molecular formula is C14H32N4O2. The van der Waals surface area contributed by atoms with Gasteiger partial charge in [0.25, 0.3) is 0 Å². The van der Waals surface area contributed by atoms with Gasteiger partial charge in [0, 0.05) is 0 Å². The largest absolute Gasteiger partial charge is 0.465 e. The van der Waals surface area contributed by atoms with Gasteiger partial charge in [0.15, 0.2) is 0 Å². The van der Waals surface area contributed by atoms with Gasteiger partial charge in [-0.2, -0.15) is 0 Å². The lowest BCUT2D eigenvalue weighted by atomic mass is 10.1. The van der Waals surface area contributed by atoms with Crippen LogP contribution in [0.2, 0.25) is 0 Å². The highest BCUT2D eigenvalue weighted by Gasteiger charge is 2.14. The number of nitrogens with two attached hydrogens (primary N) is 3. The molecule has 1 atom stereocenters. The topological polar surface area (TPSA) is 116 Å². The van der Waals surface area contributed by atoms with Crippen LogP contribution in [-0.4, -0.2) is 31.5 Å². The Morgan fingerprint density at radius 3 is 2.35 bits per heavy atom. The Labute approximate surface area is 122 Å². The van der Waals surface area contributed by atoms with Crippen LogP contribution in [0.15, 0.2) is 0 Å². The van der Waals surface area contributed by atoms with Gasteiger partial charge >= 0.3 is 5.97 Å². The number of rotatable bonds is 13. The zero-order valence-corrected chi connectivity index (χ0v) is 12.8. The van der Waals surface area contributed by atoms with Gasteiger partial charge in [-0.1, -0.05) is 39.0 Å². The van der Waals surface area contributed by atoms with Crippen molar-refractivity contribution >= 4 is 5.97 Å². The molecule has 0 fully saturated rings. The molecule has 0 rings (SSSR count). The zero-order valence-electron chi connectivity index (χ0n) is 12.8. The van der Waals surface area contributed by atoms with Crippen molar-refractivity contribution in [3.63, 3.8) is 0 Å². The van der Waals surface area contributed by atoms with Gasteiger partial charge in [-0.25, -0.2) is 0 Å². The Bertz CT molecular complexity index is 237. The number of unbranched alkanes of at least 4 members (excludes halogenated alkanes) is 5. The van der Waals surface area contributed by atoms with Crippen LogP contribution >= 0.6 is 0 Å². The first kappa shape index (κ1) is 19.3. The second kappa shape index (κ2) is 13.3. The van der Waals surface area contributed by atoms with E-state index < -0.39 is 12.3 Å². The lowest BCUT2D eigenvalue weighted by molar-refractivity contribution is -0.145. The number of esters is 1. The quantitative estimate of drug-likeness (QED) is 0.226. The van der Waals surface area contributed by atoms with Crippen LogP contribution in [0.25, 0.3) is 0 Å².